The smallest absolute Gasteiger partial charge is 0.269 e. The van der Waals surface area contributed by atoms with Gasteiger partial charge in [0.15, 0.2) is 5.11 Å². The van der Waals surface area contributed by atoms with Crippen molar-refractivity contribution in [3.05, 3.63) is 81.5 Å². The van der Waals surface area contributed by atoms with Gasteiger partial charge in [-0.3, -0.25) is 10.1 Å². The number of halogens is 1. The number of amides is 1. The minimum Gasteiger partial charge on any atom is -0.493 e. The molecule has 0 bridgehead atoms. The molecular formula is C20H17ClN2O2S2. The lowest BCUT2D eigenvalue weighted by Gasteiger charge is -2.11. The molecule has 0 fully saturated rings. The quantitative estimate of drug-likeness (QED) is 0.545. The number of hydrogen-bond donors (Lipinski definition) is 2. The van der Waals surface area contributed by atoms with E-state index < -0.39 is 0 Å². The summed E-state index contributed by atoms with van der Waals surface area (Å²) < 4.78 is 5.80. The van der Waals surface area contributed by atoms with Crippen molar-refractivity contribution < 1.29 is 9.53 Å². The van der Waals surface area contributed by atoms with Crippen LogP contribution in [0.5, 0.6) is 5.75 Å². The van der Waals surface area contributed by atoms with Crippen LogP contribution in [0.4, 0.5) is 5.69 Å². The van der Waals surface area contributed by atoms with E-state index in [4.69, 9.17) is 28.6 Å². The number of thiophene rings is 1. The first-order valence-electron chi connectivity index (χ1n) is 8.24. The molecule has 0 saturated heterocycles. The number of thiocarbonyl (C=S) groups is 1. The lowest BCUT2D eigenvalue weighted by Crippen LogP contribution is -2.33. The van der Waals surface area contributed by atoms with Crippen LogP contribution in [-0.4, -0.2) is 17.6 Å². The third kappa shape index (κ3) is 5.79. The minimum absolute atomic E-state index is 0.200. The molecule has 27 heavy (non-hydrogen) atoms. The molecule has 0 aliphatic carbocycles. The van der Waals surface area contributed by atoms with Crippen molar-refractivity contribution >= 4 is 51.9 Å². The Hall–Kier alpha value is -2.41. The van der Waals surface area contributed by atoms with E-state index in [9.17, 15) is 4.79 Å². The van der Waals surface area contributed by atoms with Crippen LogP contribution in [0.25, 0.3) is 0 Å². The molecule has 0 unspecified atom stereocenters. The monoisotopic (exact) mass is 416 g/mol. The summed E-state index contributed by atoms with van der Waals surface area (Å²) in [6, 6.07) is 19.3. The molecule has 0 radical (unpaired) electrons. The van der Waals surface area contributed by atoms with Crippen molar-refractivity contribution in [2.45, 2.75) is 6.42 Å². The van der Waals surface area contributed by atoms with E-state index in [1.54, 1.807) is 11.4 Å². The number of carbonyl (C=O) groups excluding carboxylic acids is 1. The Morgan fingerprint density at radius 2 is 1.93 bits per heavy atom. The maximum Gasteiger partial charge on any atom is 0.269 e. The standard InChI is InChI=1S/C20H17ClN2O2S2/c21-17-10-12-27-18(17)19(24)23-20(26)22-15-7-4-8-16(13-15)25-11-9-14-5-2-1-3-6-14/h1-8,10,12-13H,9,11H2,(H2,22,23,24,26). The Morgan fingerprint density at radius 3 is 2.67 bits per heavy atom. The highest BCUT2D eigenvalue weighted by atomic mass is 35.5. The van der Waals surface area contributed by atoms with Crippen LogP contribution in [0.1, 0.15) is 15.2 Å². The van der Waals surface area contributed by atoms with E-state index in [0.717, 1.165) is 17.9 Å². The summed E-state index contributed by atoms with van der Waals surface area (Å²) in [6.45, 7) is 0.575. The van der Waals surface area contributed by atoms with Gasteiger partial charge in [0.1, 0.15) is 10.6 Å². The SMILES string of the molecule is O=C(NC(=S)Nc1cccc(OCCc2ccccc2)c1)c1sccc1Cl. The highest BCUT2D eigenvalue weighted by Gasteiger charge is 2.13. The fourth-order valence-electron chi connectivity index (χ4n) is 2.37. The normalized spacial score (nSPS) is 10.3. The largest absolute Gasteiger partial charge is 0.493 e. The van der Waals surface area contributed by atoms with Gasteiger partial charge in [-0.2, -0.15) is 0 Å². The van der Waals surface area contributed by atoms with Crippen LogP contribution in [0.3, 0.4) is 0 Å². The topological polar surface area (TPSA) is 50.4 Å². The Bertz CT molecular complexity index is 928. The highest BCUT2D eigenvalue weighted by molar-refractivity contribution is 7.80. The summed E-state index contributed by atoms with van der Waals surface area (Å²) in [6.07, 6.45) is 0.828. The van der Waals surface area contributed by atoms with Crippen LogP contribution in [0, 0.1) is 0 Å². The molecule has 1 aromatic heterocycles. The van der Waals surface area contributed by atoms with Crippen molar-refractivity contribution in [2.75, 3.05) is 11.9 Å². The summed E-state index contributed by atoms with van der Waals surface area (Å²) in [4.78, 5) is 12.6. The molecule has 1 amide bonds. The van der Waals surface area contributed by atoms with Gasteiger partial charge >= 0.3 is 0 Å². The maximum absolute atomic E-state index is 12.1. The van der Waals surface area contributed by atoms with Gasteiger partial charge in [-0.1, -0.05) is 48.0 Å². The molecular weight excluding hydrogens is 400 g/mol. The molecule has 3 rings (SSSR count). The lowest BCUT2D eigenvalue weighted by molar-refractivity contribution is 0.0982. The Balaban J connectivity index is 1.51. The summed E-state index contributed by atoms with van der Waals surface area (Å²) in [5.74, 6) is 0.397. The number of ether oxygens (including phenoxy) is 1. The minimum atomic E-state index is -0.331. The maximum atomic E-state index is 12.1. The van der Waals surface area contributed by atoms with E-state index >= 15 is 0 Å². The van der Waals surface area contributed by atoms with Gasteiger partial charge in [0.25, 0.3) is 5.91 Å². The second-order valence-corrected chi connectivity index (χ2v) is 7.35. The Kier molecular flexibility index (Phi) is 6.81. The third-order valence-electron chi connectivity index (χ3n) is 3.64. The second kappa shape index (κ2) is 9.50. The van der Waals surface area contributed by atoms with Gasteiger partial charge in [-0.25, -0.2) is 0 Å². The molecule has 2 N–H and O–H groups in total. The van der Waals surface area contributed by atoms with Crippen molar-refractivity contribution in [3.63, 3.8) is 0 Å². The molecule has 0 saturated carbocycles. The van der Waals surface area contributed by atoms with E-state index in [1.807, 2.05) is 42.5 Å². The zero-order chi connectivity index (χ0) is 19.1. The van der Waals surface area contributed by atoms with Gasteiger partial charge in [-0.15, -0.1) is 11.3 Å². The van der Waals surface area contributed by atoms with Crippen molar-refractivity contribution in [1.29, 1.82) is 0 Å². The molecule has 1 heterocycles. The zero-order valence-electron chi connectivity index (χ0n) is 14.3. The summed E-state index contributed by atoms with van der Waals surface area (Å²) in [5, 5.41) is 7.97. The van der Waals surface area contributed by atoms with E-state index in [-0.39, 0.29) is 11.0 Å². The second-order valence-electron chi connectivity index (χ2n) is 5.62. The average molecular weight is 417 g/mol. The molecule has 0 atom stereocenters. The van der Waals surface area contributed by atoms with E-state index in [0.29, 0.717) is 16.5 Å². The predicted octanol–water partition coefficient (Wildman–Crippen LogP) is 5.15. The van der Waals surface area contributed by atoms with Crippen LogP contribution >= 0.6 is 35.2 Å². The highest BCUT2D eigenvalue weighted by Crippen LogP contribution is 2.22. The number of hydrogen-bond acceptors (Lipinski definition) is 4. The first kappa shape index (κ1) is 19.4. The predicted molar refractivity (Wildman–Crippen MR) is 115 cm³/mol. The van der Waals surface area contributed by atoms with E-state index in [2.05, 4.69) is 22.8 Å². The number of rotatable bonds is 6. The van der Waals surface area contributed by atoms with Gasteiger partial charge < -0.3 is 10.1 Å². The molecule has 0 spiro atoms. The molecule has 0 aliphatic heterocycles. The Morgan fingerprint density at radius 1 is 1.11 bits per heavy atom. The number of carbonyl (C=O) groups is 1. The zero-order valence-corrected chi connectivity index (χ0v) is 16.7. The fraction of sp³-hybridized carbons (Fsp3) is 0.100. The van der Waals surface area contributed by atoms with Crippen molar-refractivity contribution in [3.8, 4) is 5.75 Å². The lowest BCUT2D eigenvalue weighted by atomic mass is 10.2. The van der Waals surface area contributed by atoms with Gasteiger partial charge in [0, 0.05) is 18.2 Å². The molecule has 138 valence electrons. The summed E-state index contributed by atoms with van der Waals surface area (Å²) in [5.41, 5.74) is 1.96. The first-order chi connectivity index (χ1) is 13.1. The van der Waals surface area contributed by atoms with Crippen LogP contribution in [0.2, 0.25) is 5.02 Å². The van der Waals surface area contributed by atoms with Crippen molar-refractivity contribution in [1.82, 2.24) is 5.32 Å². The van der Waals surface area contributed by atoms with Gasteiger partial charge in [0.2, 0.25) is 0 Å². The number of nitrogens with one attached hydrogen (secondary N) is 2. The number of anilines is 1. The summed E-state index contributed by atoms with van der Waals surface area (Å²) in [7, 11) is 0. The Labute approximate surface area is 172 Å². The molecule has 0 aliphatic rings. The van der Waals surface area contributed by atoms with Crippen LogP contribution in [-0.2, 0) is 6.42 Å². The first-order valence-corrected chi connectivity index (χ1v) is 9.90. The molecule has 2 aromatic carbocycles. The molecule has 4 nitrogen and oxygen atoms in total. The average Bonchev–Trinajstić information content (AvgIpc) is 3.09. The van der Waals surface area contributed by atoms with Gasteiger partial charge in [-0.05, 0) is 41.4 Å². The molecule has 3 aromatic rings. The molecule has 7 heteroatoms. The van der Waals surface area contributed by atoms with Crippen LogP contribution < -0.4 is 15.4 Å². The number of benzene rings is 2. The van der Waals surface area contributed by atoms with Crippen LogP contribution in [0.15, 0.2) is 66.0 Å². The van der Waals surface area contributed by atoms with Gasteiger partial charge in [0.05, 0.1) is 11.6 Å². The van der Waals surface area contributed by atoms with Crippen molar-refractivity contribution in [2.24, 2.45) is 0 Å². The fourth-order valence-corrected chi connectivity index (χ4v) is 3.62. The summed E-state index contributed by atoms with van der Waals surface area (Å²) >= 11 is 12.4. The third-order valence-corrected chi connectivity index (χ3v) is 5.19. The van der Waals surface area contributed by atoms with E-state index in [1.165, 1.54) is 16.9 Å².